The average Bonchev–Trinajstić information content (AvgIpc) is 2.27. The van der Waals surface area contributed by atoms with Gasteiger partial charge in [-0.15, -0.1) is 0 Å². The first kappa shape index (κ1) is 15.4. The van der Waals surface area contributed by atoms with Crippen molar-refractivity contribution in [2.75, 3.05) is 13.1 Å². The first-order valence-electron chi connectivity index (χ1n) is 7.07. The lowest BCUT2D eigenvalue weighted by Gasteiger charge is -2.31. The second-order valence-electron chi connectivity index (χ2n) is 6.21. The summed E-state index contributed by atoms with van der Waals surface area (Å²) in [5.41, 5.74) is 5.05. The lowest BCUT2D eigenvalue weighted by Crippen LogP contribution is -2.43. The van der Waals surface area contributed by atoms with E-state index < -0.39 is 5.60 Å². The van der Waals surface area contributed by atoms with Gasteiger partial charge >= 0.3 is 0 Å². The maximum absolute atomic E-state index is 12.2. The normalized spacial score (nSPS) is 24.9. The van der Waals surface area contributed by atoms with Crippen molar-refractivity contribution in [2.24, 2.45) is 11.7 Å². The van der Waals surface area contributed by atoms with E-state index in [0.29, 0.717) is 31.5 Å². The fraction of sp³-hybridized carbons (Fsp3) is 0.929. The van der Waals surface area contributed by atoms with Crippen LogP contribution in [0.15, 0.2) is 0 Å². The van der Waals surface area contributed by atoms with Gasteiger partial charge in [-0.3, -0.25) is 4.79 Å². The van der Waals surface area contributed by atoms with Crippen molar-refractivity contribution in [1.82, 2.24) is 4.90 Å². The monoisotopic (exact) mass is 256 g/mol. The van der Waals surface area contributed by atoms with E-state index in [9.17, 15) is 9.90 Å². The van der Waals surface area contributed by atoms with E-state index in [-0.39, 0.29) is 5.91 Å². The highest BCUT2D eigenvalue weighted by Crippen LogP contribution is 2.26. The number of carbonyl (C=O) groups is 1. The van der Waals surface area contributed by atoms with Crippen LogP contribution in [0.5, 0.6) is 0 Å². The zero-order chi connectivity index (χ0) is 13.8. The Labute approximate surface area is 111 Å². The molecule has 18 heavy (non-hydrogen) atoms. The number of aliphatic hydroxyl groups is 1. The van der Waals surface area contributed by atoms with Gasteiger partial charge in [0, 0.05) is 25.6 Å². The Bertz CT molecular complexity index is 265. The molecule has 0 aliphatic heterocycles. The van der Waals surface area contributed by atoms with Gasteiger partial charge in [0.1, 0.15) is 0 Å². The number of nitrogens with two attached hydrogens (primary N) is 1. The molecule has 1 aliphatic carbocycles. The predicted molar refractivity (Wildman–Crippen MR) is 73.1 cm³/mol. The van der Waals surface area contributed by atoms with Gasteiger partial charge in [-0.05, 0) is 52.4 Å². The summed E-state index contributed by atoms with van der Waals surface area (Å²) in [6.07, 6.45) is 4.81. The lowest BCUT2D eigenvalue weighted by atomic mass is 9.84. The fourth-order valence-electron chi connectivity index (χ4n) is 2.61. The minimum absolute atomic E-state index is 0.167. The van der Waals surface area contributed by atoms with E-state index in [1.807, 2.05) is 6.92 Å². The molecule has 0 heterocycles. The van der Waals surface area contributed by atoms with Crippen LogP contribution >= 0.6 is 0 Å². The van der Waals surface area contributed by atoms with Crippen LogP contribution in [-0.2, 0) is 4.79 Å². The first-order chi connectivity index (χ1) is 8.31. The Kier molecular flexibility index (Phi) is 5.60. The Morgan fingerprint density at radius 1 is 1.33 bits per heavy atom. The van der Waals surface area contributed by atoms with Crippen molar-refractivity contribution in [3.63, 3.8) is 0 Å². The van der Waals surface area contributed by atoms with Crippen molar-refractivity contribution in [1.29, 1.82) is 0 Å². The molecule has 1 rings (SSSR count). The molecule has 3 N–H and O–H groups in total. The summed E-state index contributed by atoms with van der Waals surface area (Å²) < 4.78 is 0. The molecule has 0 spiro atoms. The van der Waals surface area contributed by atoms with Gasteiger partial charge in [-0.25, -0.2) is 0 Å². The summed E-state index contributed by atoms with van der Waals surface area (Å²) in [5, 5.41) is 9.80. The van der Waals surface area contributed by atoms with Gasteiger partial charge in [0.25, 0.3) is 0 Å². The second kappa shape index (κ2) is 6.53. The van der Waals surface area contributed by atoms with Crippen LogP contribution < -0.4 is 5.73 Å². The molecule has 0 aromatic heterocycles. The largest absolute Gasteiger partial charge is 0.389 e. The van der Waals surface area contributed by atoms with Crippen LogP contribution in [0, 0.1) is 5.92 Å². The highest BCUT2D eigenvalue weighted by atomic mass is 16.3. The lowest BCUT2D eigenvalue weighted by molar-refractivity contribution is -0.135. The number of likely N-dealkylation sites (N-methyl/N-ethyl adjacent to an activating group) is 1. The SMILES string of the molecule is CCN(CC(C)(C)O)C(=O)CC1CCC(N)CC1. The molecule has 0 unspecified atom stereocenters. The molecule has 0 saturated heterocycles. The van der Waals surface area contributed by atoms with E-state index in [0.717, 1.165) is 25.7 Å². The molecule has 0 atom stereocenters. The molecule has 106 valence electrons. The molecule has 4 heteroatoms. The smallest absolute Gasteiger partial charge is 0.222 e. The van der Waals surface area contributed by atoms with Crippen molar-refractivity contribution >= 4 is 5.91 Å². The minimum atomic E-state index is -0.819. The molecule has 1 aliphatic rings. The molecule has 4 nitrogen and oxygen atoms in total. The summed E-state index contributed by atoms with van der Waals surface area (Å²) in [7, 11) is 0. The third-order valence-electron chi connectivity index (χ3n) is 3.67. The minimum Gasteiger partial charge on any atom is -0.389 e. The predicted octanol–water partition coefficient (Wildman–Crippen LogP) is 1.51. The summed E-state index contributed by atoms with van der Waals surface area (Å²) >= 11 is 0. The van der Waals surface area contributed by atoms with E-state index >= 15 is 0 Å². The maximum Gasteiger partial charge on any atom is 0.222 e. The van der Waals surface area contributed by atoms with E-state index in [1.165, 1.54) is 0 Å². The van der Waals surface area contributed by atoms with Crippen LogP contribution in [0.25, 0.3) is 0 Å². The van der Waals surface area contributed by atoms with E-state index in [1.54, 1.807) is 18.7 Å². The van der Waals surface area contributed by atoms with E-state index in [2.05, 4.69) is 0 Å². The standard InChI is InChI=1S/C14H28N2O2/c1-4-16(10-14(2,3)18)13(17)9-11-5-7-12(15)8-6-11/h11-12,18H,4-10,15H2,1-3H3. The van der Waals surface area contributed by atoms with E-state index in [4.69, 9.17) is 5.73 Å². The molecule has 0 bridgehead atoms. The Morgan fingerprint density at radius 3 is 2.33 bits per heavy atom. The number of hydrogen-bond donors (Lipinski definition) is 2. The van der Waals surface area contributed by atoms with Crippen LogP contribution in [0.1, 0.15) is 52.9 Å². The summed E-state index contributed by atoms with van der Waals surface area (Å²) in [4.78, 5) is 13.9. The van der Waals surface area contributed by atoms with Crippen LogP contribution in [0.3, 0.4) is 0 Å². The van der Waals surface area contributed by atoms with Gasteiger partial charge in [-0.2, -0.15) is 0 Å². The summed E-state index contributed by atoms with van der Waals surface area (Å²) in [6, 6.07) is 0.329. The molecule has 0 aromatic rings. The van der Waals surface area contributed by atoms with Crippen molar-refractivity contribution < 1.29 is 9.90 Å². The van der Waals surface area contributed by atoms with Gasteiger partial charge in [0.15, 0.2) is 0 Å². The van der Waals surface area contributed by atoms with Gasteiger partial charge < -0.3 is 15.7 Å². The molecule has 1 saturated carbocycles. The van der Waals surface area contributed by atoms with Crippen LogP contribution in [-0.4, -0.2) is 40.6 Å². The number of carbonyl (C=O) groups excluding carboxylic acids is 1. The Balaban J connectivity index is 2.42. The average molecular weight is 256 g/mol. The Morgan fingerprint density at radius 2 is 1.89 bits per heavy atom. The van der Waals surface area contributed by atoms with Gasteiger partial charge in [0.05, 0.1) is 5.60 Å². The zero-order valence-corrected chi connectivity index (χ0v) is 12.0. The second-order valence-corrected chi connectivity index (χ2v) is 6.21. The third-order valence-corrected chi connectivity index (χ3v) is 3.67. The maximum atomic E-state index is 12.2. The van der Waals surface area contributed by atoms with Gasteiger partial charge in [-0.1, -0.05) is 0 Å². The van der Waals surface area contributed by atoms with Crippen LogP contribution in [0.4, 0.5) is 0 Å². The van der Waals surface area contributed by atoms with Crippen molar-refractivity contribution in [3.8, 4) is 0 Å². The number of hydrogen-bond acceptors (Lipinski definition) is 3. The van der Waals surface area contributed by atoms with Crippen LogP contribution in [0.2, 0.25) is 0 Å². The number of rotatable bonds is 5. The number of amides is 1. The Hall–Kier alpha value is -0.610. The molecule has 0 aromatic carbocycles. The number of nitrogens with zero attached hydrogens (tertiary/aromatic N) is 1. The van der Waals surface area contributed by atoms with Crippen molar-refractivity contribution in [2.45, 2.75) is 64.5 Å². The van der Waals surface area contributed by atoms with Gasteiger partial charge in [0.2, 0.25) is 5.91 Å². The highest BCUT2D eigenvalue weighted by molar-refractivity contribution is 5.76. The first-order valence-corrected chi connectivity index (χ1v) is 7.07. The summed E-state index contributed by atoms with van der Waals surface area (Å²) in [6.45, 7) is 6.51. The van der Waals surface area contributed by atoms with Crippen molar-refractivity contribution in [3.05, 3.63) is 0 Å². The highest BCUT2D eigenvalue weighted by Gasteiger charge is 2.25. The topological polar surface area (TPSA) is 66.6 Å². The fourth-order valence-corrected chi connectivity index (χ4v) is 2.61. The molecule has 0 radical (unpaired) electrons. The molecule has 1 amide bonds. The molecule has 1 fully saturated rings. The molecular formula is C14H28N2O2. The third kappa shape index (κ3) is 5.36. The zero-order valence-electron chi connectivity index (χ0n) is 12.0. The summed E-state index contributed by atoms with van der Waals surface area (Å²) in [5.74, 6) is 0.647. The molecular weight excluding hydrogens is 228 g/mol. The quantitative estimate of drug-likeness (QED) is 0.783.